The summed E-state index contributed by atoms with van der Waals surface area (Å²) >= 11 is 0. The molecule has 0 unspecified atom stereocenters. The van der Waals surface area contributed by atoms with Crippen LogP contribution in [0.1, 0.15) is 5.82 Å². The first-order chi connectivity index (χ1) is 8.42. The monoisotopic (exact) mass is 268 g/mol. The van der Waals surface area contributed by atoms with Gasteiger partial charge in [0.15, 0.2) is 0 Å². The van der Waals surface area contributed by atoms with Gasteiger partial charge < -0.3 is 4.57 Å². The maximum absolute atomic E-state index is 11.6. The predicted octanol–water partition coefficient (Wildman–Crippen LogP) is 0.469. The number of hydrogen-bond donors (Lipinski definition) is 1. The zero-order chi connectivity index (χ0) is 13.3. The van der Waals surface area contributed by atoms with Crippen molar-refractivity contribution in [3.05, 3.63) is 30.1 Å². The minimum atomic E-state index is -3.42. The Bertz CT molecular complexity index is 661. The normalized spacial score (nSPS) is 12.4. The van der Waals surface area contributed by atoms with Crippen LogP contribution in [-0.2, 0) is 23.8 Å². The van der Waals surface area contributed by atoms with E-state index in [-0.39, 0.29) is 6.54 Å². The molecule has 7 heteroatoms. The Morgan fingerprint density at radius 1 is 1.33 bits per heavy atom. The number of fused-ring (bicyclic) bond motifs is 1. The number of hydrogen-bond acceptors (Lipinski definition) is 3. The average molecular weight is 268 g/mol. The quantitative estimate of drug-likeness (QED) is 0.876. The lowest BCUT2D eigenvalue weighted by molar-refractivity contribution is 0.503. The fourth-order valence-electron chi connectivity index (χ4n) is 1.64. The van der Waals surface area contributed by atoms with Crippen molar-refractivity contribution in [1.82, 2.24) is 18.6 Å². The number of aryl methyl sites for hydroxylation is 1. The van der Waals surface area contributed by atoms with E-state index in [0.29, 0.717) is 5.82 Å². The smallest absolute Gasteiger partial charge is 0.279 e. The van der Waals surface area contributed by atoms with Gasteiger partial charge >= 0.3 is 0 Å². The van der Waals surface area contributed by atoms with Crippen molar-refractivity contribution in [2.75, 3.05) is 14.1 Å². The molecule has 6 nitrogen and oxygen atoms in total. The van der Waals surface area contributed by atoms with Crippen LogP contribution in [0.3, 0.4) is 0 Å². The Kier molecular flexibility index (Phi) is 3.38. The minimum Gasteiger partial charge on any atom is -0.330 e. The first-order valence-electron chi connectivity index (χ1n) is 5.49. The number of aromatic nitrogens is 2. The van der Waals surface area contributed by atoms with Crippen LogP contribution < -0.4 is 4.72 Å². The molecule has 1 heterocycles. The highest BCUT2D eigenvalue weighted by atomic mass is 32.2. The Balaban J connectivity index is 2.26. The first kappa shape index (κ1) is 13.0. The third-order valence-corrected chi connectivity index (χ3v) is 4.24. The summed E-state index contributed by atoms with van der Waals surface area (Å²) in [6.45, 7) is 0.172. The van der Waals surface area contributed by atoms with Gasteiger partial charge in [-0.3, -0.25) is 0 Å². The average Bonchev–Trinajstić information content (AvgIpc) is 2.64. The minimum absolute atomic E-state index is 0.172. The molecular formula is C11H16N4O2S. The van der Waals surface area contributed by atoms with Gasteiger partial charge in [0, 0.05) is 21.1 Å². The summed E-state index contributed by atoms with van der Waals surface area (Å²) < 4.78 is 28.7. The van der Waals surface area contributed by atoms with E-state index in [0.717, 1.165) is 15.3 Å². The zero-order valence-electron chi connectivity index (χ0n) is 10.6. The van der Waals surface area contributed by atoms with Crippen molar-refractivity contribution in [1.29, 1.82) is 0 Å². The molecule has 2 aromatic rings. The van der Waals surface area contributed by atoms with Crippen LogP contribution in [0.15, 0.2) is 24.3 Å². The summed E-state index contributed by atoms with van der Waals surface area (Å²) in [6.07, 6.45) is 0. The molecule has 0 atom stereocenters. The van der Waals surface area contributed by atoms with Crippen LogP contribution in [-0.4, -0.2) is 36.4 Å². The molecule has 1 aromatic carbocycles. The molecule has 1 aromatic heterocycles. The lowest BCUT2D eigenvalue weighted by atomic mass is 10.3. The van der Waals surface area contributed by atoms with Crippen molar-refractivity contribution < 1.29 is 8.42 Å². The molecule has 1 N–H and O–H groups in total. The van der Waals surface area contributed by atoms with E-state index < -0.39 is 10.2 Å². The van der Waals surface area contributed by atoms with Gasteiger partial charge in [-0.25, -0.2) is 4.98 Å². The third-order valence-electron chi connectivity index (χ3n) is 2.77. The number of nitrogens with zero attached hydrogens (tertiary/aromatic N) is 3. The van der Waals surface area contributed by atoms with Crippen LogP contribution in [0.2, 0.25) is 0 Å². The van der Waals surface area contributed by atoms with E-state index in [9.17, 15) is 8.42 Å². The molecular weight excluding hydrogens is 252 g/mol. The molecule has 98 valence electrons. The van der Waals surface area contributed by atoms with Crippen molar-refractivity contribution in [3.8, 4) is 0 Å². The molecule has 0 radical (unpaired) electrons. The Morgan fingerprint density at radius 2 is 2.00 bits per heavy atom. The van der Waals surface area contributed by atoms with Crippen molar-refractivity contribution in [3.63, 3.8) is 0 Å². The maximum Gasteiger partial charge on any atom is 0.279 e. The summed E-state index contributed by atoms with van der Waals surface area (Å²) in [5.41, 5.74) is 1.84. The van der Waals surface area contributed by atoms with E-state index in [1.807, 2.05) is 35.9 Å². The molecule has 0 saturated heterocycles. The van der Waals surface area contributed by atoms with Gasteiger partial charge in [-0.2, -0.15) is 17.4 Å². The van der Waals surface area contributed by atoms with E-state index in [4.69, 9.17) is 0 Å². The molecule has 0 saturated carbocycles. The second-order valence-corrected chi connectivity index (χ2v) is 6.15. The number of nitrogens with one attached hydrogen (secondary N) is 1. The molecule has 0 bridgehead atoms. The van der Waals surface area contributed by atoms with E-state index in [2.05, 4.69) is 9.71 Å². The Labute approximate surface area is 106 Å². The predicted molar refractivity (Wildman–Crippen MR) is 70.2 cm³/mol. The van der Waals surface area contributed by atoms with Gasteiger partial charge in [0.2, 0.25) is 0 Å². The number of para-hydroxylation sites is 2. The summed E-state index contributed by atoms with van der Waals surface area (Å²) in [7, 11) is 1.42. The number of imidazole rings is 1. The van der Waals surface area contributed by atoms with E-state index in [1.54, 1.807) is 0 Å². The second kappa shape index (κ2) is 4.68. The van der Waals surface area contributed by atoms with Crippen LogP contribution in [0.25, 0.3) is 11.0 Å². The molecule has 0 spiro atoms. The molecule has 0 aliphatic carbocycles. The number of benzene rings is 1. The van der Waals surface area contributed by atoms with Crippen LogP contribution >= 0.6 is 0 Å². The number of rotatable bonds is 4. The molecule has 18 heavy (non-hydrogen) atoms. The lowest BCUT2D eigenvalue weighted by Gasteiger charge is -2.11. The molecule has 2 rings (SSSR count). The highest BCUT2D eigenvalue weighted by Gasteiger charge is 2.14. The molecule has 0 fully saturated rings. The van der Waals surface area contributed by atoms with Gasteiger partial charge in [-0.15, -0.1) is 0 Å². The standard InChI is InChI=1S/C11H16N4O2S/c1-14(2)18(16,17)12-8-11-13-9-6-4-5-7-10(9)15(11)3/h4-7,12H,8H2,1-3H3. The van der Waals surface area contributed by atoms with Gasteiger partial charge in [0.25, 0.3) is 10.2 Å². The summed E-state index contributed by atoms with van der Waals surface area (Å²) in [6, 6.07) is 7.69. The summed E-state index contributed by atoms with van der Waals surface area (Å²) in [4.78, 5) is 4.39. The van der Waals surface area contributed by atoms with Crippen LogP contribution in [0, 0.1) is 0 Å². The Hall–Kier alpha value is -1.44. The van der Waals surface area contributed by atoms with Gasteiger partial charge in [-0.05, 0) is 12.1 Å². The van der Waals surface area contributed by atoms with Gasteiger partial charge in [0.1, 0.15) is 5.82 Å². The summed E-state index contributed by atoms with van der Waals surface area (Å²) in [5.74, 6) is 0.682. The summed E-state index contributed by atoms with van der Waals surface area (Å²) in [5, 5.41) is 0. The van der Waals surface area contributed by atoms with Crippen molar-refractivity contribution in [2.45, 2.75) is 6.54 Å². The SMILES string of the molecule is CN(C)S(=O)(=O)NCc1nc2ccccc2n1C. The van der Waals surface area contributed by atoms with Gasteiger partial charge in [-0.1, -0.05) is 12.1 Å². The van der Waals surface area contributed by atoms with Crippen molar-refractivity contribution in [2.24, 2.45) is 7.05 Å². The topological polar surface area (TPSA) is 67.2 Å². The molecule has 0 amide bonds. The molecule has 0 aliphatic rings. The lowest BCUT2D eigenvalue weighted by Crippen LogP contribution is -2.35. The maximum atomic E-state index is 11.6. The van der Waals surface area contributed by atoms with E-state index in [1.165, 1.54) is 14.1 Å². The third kappa shape index (κ3) is 2.38. The first-order valence-corrected chi connectivity index (χ1v) is 6.93. The highest BCUT2D eigenvalue weighted by molar-refractivity contribution is 7.87. The Morgan fingerprint density at radius 3 is 2.61 bits per heavy atom. The van der Waals surface area contributed by atoms with Crippen LogP contribution in [0.5, 0.6) is 0 Å². The highest BCUT2D eigenvalue weighted by Crippen LogP contribution is 2.14. The fraction of sp³-hybridized carbons (Fsp3) is 0.364. The second-order valence-electron chi connectivity index (χ2n) is 4.18. The van der Waals surface area contributed by atoms with E-state index >= 15 is 0 Å². The van der Waals surface area contributed by atoms with Crippen LogP contribution in [0.4, 0.5) is 0 Å². The zero-order valence-corrected chi connectivity index (χ0v) is 11.4. The fourth-order valence-corrected chi connectivity index (χ4v) is 2.21. The largest absolute Gasteiger partial charge is 0.330 e. The van der Waals surface area contributed by atoms with Gasteiger partial charge in [0.05, 0.1) is 17.6 Å². The molecule has 0 aliphatic heterocycles. The van der Waals surface area contributed by atoms with Crippen molar-refractivity contribution >= 4 is 21.2 Å².